The maximum atomic E-state index is 10.1. The topological polar surface area (TPSA) is 38.0 Å². The van der Waals surface area contributed by atoms with E-state index >= 15 is 0 Å². The van der Waals surface area contributed by atoms with Crippen LogP contribution in [-0.4, -0.2) is 14.9 Å². The molecule has 0 atom stereocenters. The van der Waals surface area contributed by atoms with Crippen LogP contribution in [0, 0.1) is 27.7 Å². The van der Waals surface area contributed by atoms with Gasteiger partial charge in [0.25, 0.3) is 0 Å². The third kappa shape index (κ3) is 1.82. The number of hydrogen-bond donors (Lipinski definition) is 1. The van der Waals surface area contributed by atoms with Crippen LogP contribution in [0.3, 0.4) is 0 Å². The molecule has 0 aliphatic rings. The first-order valence-electron chi connectivity index (χ1n) is 5.72. The highest BCUT2D eigenvalue weighted by atomic mass is 16.3. The van der Waals surface area contributed by atoms with Crippen LogP contribution in [0.15, 0.2) is 12.1 Å². The SMILES string of the molecule is Cc1cc(C)c(-c2nn(C)c(C)c2O)c(C)c1. The largest absolute Gasteiger partial charge is 0.504 e. The van der Waals surface area contributed by atoms with Gasteiger partial charge in [-0.1, -0.05) is 17.7 Å². The predicted molar refractivity (Wildman–Crippen MR) is 69.3 cm³/mol. The van der Waals surface area contributed by atoms with E-state index in [0.717, 1.165) is 22.4 Å². The Morgan fingerprint density at radius 3 is 2.00 bits per heavy atom. The van der Waals surface area contributed by atoms with Crippen LogP contribution in [-0.2, 0) is 7.05 Å². The van der Waals surface area contributed by atoms with E-state index in [0.29, 0.717) is 5.69 Å². The lowest BCUT2D eigenvalue weighted by Gasteiger charge is -2.09. The van der Waals surface area contributed by atoms with Gasteiger partial charge in [0.05, 0.1) is 5.69 Å². The molecule has 0 aliphatic carbocycles. The van der Waals surface area contributed by atoms with Gasteiger partial charge in [0, 0.05) is 12.6 Å². The summed E-state index contributed by atoms with van der Waals surface area (Å²) in [6, 6.07) is 4.23. The summed E-state index contributed by atoms with van der Waals surface area (Å²) >= 11 is 0. The van der Waals surface area contributed by atoms with Gasteiger partial charge in [0.15, 0.2) is 5.75 Å². The first-order chi connectivity index (χ1) is 7.91. The molecular formula is C14H18N2O. The standard InChI is InChI=1S/C14H18N2O/c1-8-6-9(2)12(10(3)7-8)13-14(17)11(4)16(5)15-13/h6-7,17H,1-5H3. The summed E-state index contributed by atoms with van der Waals surface area (Å²) < 4.78 is 1.71. The fourth-order valence-electron chi connectivity index (χ4n) is 2.32. The molecule has 0 amide bonds. The smallest absolute Gasteiger partial charge is 0.164 e. The molecule has 0 saturated heterocycles. The summed E-state index contributed by atoms with van der Waals surface area (Å²) in [5, 5.41) is 14.5. The lowest BCUT2D eigenvalue weighted by molar-refractivity contribution is 0.471. The van der Waals surface area contributed by atoms with Crippen molar-refractivity contribution in [3.63, 3.8) is 0 Å². The lowest BCUT2D eigenvalue weighted by atomic mass is 9.97. The van der Waals surface area contributed by atoms with E-state index in [-0.39, 0.29) is 5.75 Å². The van der Waals surface area contributed by atoms with Gasteiger partial charge in [-0.3, -0.25) is 4.68 Å². The Hall–Kier alpha value is -1.77. The van der Waals surface area contributed by atoms with Crippen molar-refractivity contribution >= 4 is 0 Å². The molecule has 0 bridgehead atoms. The summed E-state index contributed by atoms with van der Waals surface area (Å²) in [5.74, 6) is 0.280. The Balaban J connectivity index is 2.73. The minimum Gasteiger partial charge on any atom is -0.504 e. The molecule has 0 radical (unpaired) electrons. The maximum absolute atomic E-state index is 10.1. The van der Waals surface area contributed by atoms with E-state index in [1.807, 2.05) is 14.0 Å². The number of rotatable bonds is 1. The summed E-state index contributed by atoms with van der Waals surface area (Å²) in [7, 11) is 1.84. The molecule has 1 heterocycles. The highest BCUT2D eigenvalue weighted by molar-refractivity contribution is 5.73. The second-order valence-corrected chi connectivity index (χ2v) is 4.68. The predicted octanol–water partition coefficient (Wildman–Crippen LogP) is 3.03. The molecule has 1 aromatic carbocycles. The van der Waals surface area contributed by atoms with Crippen molar-refractivity contribution in [1.29, 1.82) is 0 Å². The molecule has 2 rings (SSSR count). The van der Waals surface area contributed by atoms with Crippen molar-refractivity contribution in [2.75, 3.05) is 0 Å². The van der Waals surface area contributed by atoms with E-state index < -0.39 is 0 Å². The second-order valence-electron chi connectivity index (χ2n) is 4.68. The zero-order valence-corrected chi connectivity index (χ0v) is 11.0. The highest BCUT2D eigenvalue weighted by Gasteiger charge is 2.17. The van der Waals surface area contributed by atoms with E-state index in [1.165, 1.54) is 5.56 Å². The van der Waals surface area contributed by atoms with Crippen LogP contribution >= 0.6 is 0 Å². The van der Waals surface area contributed by atoms with Gasteiger partial charge in [-0.05, 0) is 38.8 Å². The third-order valence-corrected chi connectivity index (χ3v) is 3.22. The third-order valence-electron chi connectivity index (χ3n) is 3.22. The van der Waals surface area contributed by atoms with E-state index in [1.54, 1.807) is 4.68 Å². The highest BCUT2D eigenvalue weighted by Crippen LogP contribution is 2.35. The molecule has 0 unspecified atom stereocenters. The molecule has 2 aromatic rings. The lowest BCUT2D eigenvalue weighted by Crippen LogP contribution is -1.94. The number of benzene rings is 1. The average Bonchev–Trinajstić information content (AvgIpc) is 2.45. The van der Waals surface area contributed by atoms with Crippen molar-refractivity contribution in [2.45, 2.75) is 27.7 Å². The zero-order valence-electron chi connectivity index (χ0n) is 11.0. The number of nitrogens with zero attached hydrogens (tertiary/aromatic N) is 2. The first kappa shape index (κ1) is 11.7. The van der Waals surface area contributed by atoms with E-state index in [2.05, 4.69) is 38.0 Å². The van der Waals surface area contributed by atoms with E-state index in [9.17, 15) is 5.11 Å². The molecular weight excluding hydrogens is 212 g/mol. The summed E-state index contributed by atoms with van der Waals surface area (Å²) in [4.78, 5) is 0. The molecule has 1 N–H and O–H groups in total. The Morgan fingerprint density at radius 2 is 1.59 bits per heavy atom. The van der Waals surface area contributed by atoms with Crippen LogP contribution in [0.5, 0.6) is 5.75 Å². The van der Waals surface area contributed by atoms with Gasteiger partial charge in [-0.15, -0.1) is 0 Å². The Kier molecular flexibility index (Phi) is 2.69. The van der Waals surface area contributed by atoms with Crippen LogP contribution in [0.2, 0.25) is 0 Å². The molecule has 90 valence electrons. The Morgan fingerprint density at radius 1 is 1.06 bits per heavy atom. The maximum Gasteiger partial charge on any atom is 0.164 e. The molecule has 17 heavy (non-hydrogen) atoms. The fraction of sp³-hybridized carbons (Fsp3) is 0.357. The van der Waals surface area contributed by atoms with Gasteiger partial charge >= 0.3 is 0 Å². The molecule has 0 saturated carbocycles. The summed E-state index contributed by atoms with van der Waals surface area (Å²) in [6.07, 6.45) is 0. The number of aromatic hydroxyl groups is 1. The molecule has 3 nitrogen and oxygen atoms in total. The fourth-order valence-corrected chi connectivity index (χ4v) is 2.32. The Bertz CT molecular complexity index is 559. The van der Waals surface area contributed by atoms with Crippen molar-refractivity contribution in [3.8, 4) is 17.0 Å². The van der Waals surface area contributed by atoms with Gasteiger partial charge in [-0.2, -0.15) is 5.10 Å². The summed E-state index contributed by atoms with van der Waals surface area (Å²) in [5.41, 5.74) is 6.04. The summed E-state index contributed by atoms with van der Waals surface area (Å²) in [6.45, 7) is 8.05. The van der Waals surface area contributed by atoms with Gasteiger partial charge in [0.2, 0.25) is 0 Å². The van der Waals surface area contributed by atoms with Crippen LogP contribution < -0.4 is 0 Å². The van der Waals surface area contributed by atoms with Gasteiger partial charge in [0.1, 0.15) is 5.69 Å². The zero-order chi connectivity index (χ0) is 12.7. The average molecular weight is 230 g/mol. The monoisotopic (exact) mass is 230 g/mol. The molecule has 0 spiro atoms. The second kappa shape index (κ2) is 3.91. The van der Waals surface area contributed by atoms with Crippen LogP contribution in [0.4, 0.5) is 0 Å². The minimum atomic E-state index is 0.280. The molecule has 0 fully saturated rings. The van der Waals surface area contributed by atoms with Crippen molar-refractivity contribution in [2.24, 2.45) is 7.05 Å². The number of aromatic nitrogens is 2. The number of aryl methyl sites for hydroxylation is 4. The first-order valence-corrected chi connectivity index (χ1v) is 5.72. The van der Waals surface area contributed by atoms with E-state index in [4.69, 9.17) is 0 Å². The van der Waals surface area contributed by atoms with Crippen molar-refractivity contribution < 1.29 is 5.11 Å². The van der Waals surface area contributed by atoms with Gasteiger partial charge in [-0.25, -0.2) is 0 Å². The molecule has 3 heteroatoms. The van der Waals surface area contributed by atoms with Gasteiger partial charge < -0.3 is 5.11 Å². The molecule has 0 aliphatic heterocycles. The minimum absolute atomic E-state index is 0.280. The van der Waals surface area contributed by atoms with Crippen molar-refractivity contribution in [3.05, 3.63) is 34.5 Å². The number of hydrogen-bond acceptors (Lipinski definition) is 2. The Labute approximate surface area is 102 Å². The van der Waals surface area contributed by atoms with Crippen molar-refractivity contribution in [1.82, 2.24) is 9.78 Å². The quantitative estimate of drug-likeness (QED) is 0.817. The van der Waals surface area contributed by atoms with Crippen LogP contribution in [0.1, 0.15) is 22.4 Å². The van der Waals surface area contributed by atoms with Crippen LogP contribution in [0.25, 0.3) is 11.3 Å². The molecule has 1 aromatic heterocycles. The normalized spacial score (nSPS) is 10.9.